The molecule has 144 valence electrons. The third kappa shape index (κ3) is 4.31. The Kier molecular flexibility index (Phi) is 5.35. The zero-order valence-corrected chi connectivity index (χ0v) is 14.7. The molecule has 0 saturated heterocycles. The maximum atomic E-state index is 12.7. The third-order valence-corrected chi connectivity index (χ3v) is 4.40. The van der Waals surface area contributed by atoms with Crippen LogP contribution in [0.15, 0.2) is 66.7 Å². The van der Waals surface area contributed by atoms with E-state index in [4.69, 9.17) is 5.73 Å². The van der Waals surface area contributed by atoms with Crippen molar-refractivity contribution >= 4 is 22.6 Å². The summed E-state index contributed by atoms with van der Waals surface area (Å²) in [6.45, 7) is 0. The van der Waals surface area contributed by atoms with Crippen LogP contribution in [0.25, 0.3) is 10.8 Å². The number of benzene rings is 3. The number of primary amides is 1. The molecule has 1 atom stereocenters. The highest BCUT2D eigenvalue weighted by molar-refractivity contribution is 6.08. The van der Waals surface area contributed by atoms with Crippen molar-refractivity contribution in [3.05, 3.63) is 83.4 Å². The molecule has 0 saturated carbocycles. The van der Waals surface area contributed by atoms with Crippen molar-refractivity contribution in [2.75, 3.05) is 0 Å². The van der Waals surface area contributed by atoms with Gasteiger partial charge in [-0.1, -0.05) is 48.5 Å². The summed E-state index contributed by atoms with van der Waals surface area (Å²) < 4.78 is 38.0. The van der Waals surface area contributed by atoms with Gasteiger partial charge >= 0.3 is 6.18 Å². The first-order valence-electron chi connectivity index (χ1n) is 8.50. The molecule has 3 aromatic rings. The topological polar surface area (TPSA) is 72.2 Å². The molecule has 0 fully saturated rings. The van der Waals surface area contributed by atoms with E-state index in [1.165, 1.54) is 12.1 Å². The molecular weight excluding hydrogens is 369 g/mol. The second-order valence-corrected chi connectivity index (χ2v) is 6.35. The Labute approximate surface area is 159 Å². The quantitative estimate of drug-likeness (QED) is 0.702. The van der Waals surface area contributed by atoms with E-state index in [1.54, 1.807) is 24.3 Å². The molecule has 0 bridgehead atoms. The first-order chi connectivity index (χ1) is 13.3. The van der Waals surface area contributed by atoms with Crippen LogP contribution in [0.3, 0.4) is 0 Å². The molecule has 28 heavy (non-hydrogen) atoms. The van der Waals surface area contributed by atoms with Gasteiger partial charge in [0, 0.05) is 12.0 Å². The van der Waals surface area contributed by atoms with Crippen molar-refractivity contribution < 1.29 is 22.8 Å². The SMILES string of the molecule is NC(=O)[C@@H](Cc1ccc(C(F)(F)F)cc1)NC(=O)c1cccc2ccccc12. The van der Waals surface area contributed by atoms with Gasteiger partial charge in [-0.05, 0) is 34.5 Å². The molecule has 0 aliphatic heterocycles. The monoisotopic (exact) mass is 386 g/mol. The van der Waals surface area contributed by atoms with E-state index in [2.05, 4.69) is 5.32 Å². The summed E-state index contributed by atoms with van der Waals surface area (Å²) in [6.07, 6.45) is -4.45. The van der Waals surface area contributed by atoms with E-state index in [-0.39, 0.29) is 6.42 Å². The lowest BCUT2D eigenvalue weighted by Gasteiger charge is -2.17. The van der Waals surface area contributed by atoms with E-state index >= 15 is 0 Å². The standard InChI is InChI=1S/C21H17F3N2O2/c22-21(23,24)15-10-8-13(9-11-15)12-18(19(25)27)26-20(28)17-7-3-5-14-4-1-2-6-16(14)17/h1-11,18H,12H2,(H2,25,27)(H,26,28)/t18-/m1/s1. The number of hydrogen-bond acceptors (Lipinski definition) is 2. The highest BCUT2D eigenvalue weighted by Crippen LogP contribution is 2.29. The molecule has 2 amide bonds. The lowest BCUT2D eigenvalue weighted by Crippen LogP contribution is -2.45. The van der Waals surface area contributed by atoms with Gasteiger partial charge in [-0.15, -0.1) is 0 Å². The normalized spacial score (nSPS) is 12.5. The van der Waals surface area contributed by atoms with E-state index < -0.39 is 29.6 Å². The lowest BCUT2D eigenvalue weighted by atomic mass is 10.0. The lowest BCUT2D eigenvalue weighted by molar-refractivity contribution is -0.137. The summed E-state index contributed by atoms with van der Waals surface area (Å²) in [6, 6.07) is 15.9. The number of alkyl halides is 3. The smallest absolute Gasteiger partial charge is 0.368 e. The Hall–Kier alpha value is -3.35. The predicted octanol–water partition coefficient (Wildman–Crippen LogP) is 3.69. The van der Waals surface area contributed by atoms with Gasteiger partial charge in [-0.2, -0.15) is 13.2 Å². The number of rotatable bonds is 5. The third-order valence-electron chi connectivity index (χ3n) is 4.40. The summed E-state index contributed by atoms with van der Waals surface area (Å²) in [7, 11) is 0. The Morgan fingerprint density at radius 1 is 0.929 bits per heavy atom. The number of nitrogens with two attached hydrogens (primary N) is 1. The van der Waals surface area contributed by atoms with Crippen molar-refractivity contribution in [3.63, 3.8) is 0 Å². The van der Waals surface area contributed by atoms with E-state index in [0.717, 1.165) is 22.9 Å². The molecule has 3 aromatic carbocycles. The highest BCUT2D eigenvalue weighted by Gasteiger charge is 2.30. The van der Waals surface area contributed by atoms with Crippen LogP contribution in [0, 0.1) is 0 Å². The highest BCUT2D eigenvalue weighted by atomic mass is 19.4. The van der Waals surface area contributed by atoms with Crippen LogP contribution in [0.1, 0.15) is 21.5 Å². The summed E-state index contributed by atoms with van der Waals surface area (Å²) in [5, 5.41) is 4.17. The van der Waals surface area contributed by atoms with Crippen molar-refractivity contribution in [2.24, 2.45) is 5.73 Å². The van der Waals surface area contributed by atoms with Gasteiger partial charge in [0.05, 0.1) is 5.56 Å². The average Bonchev–Trinajstić information content (AvgIpc) is 2.66. The number of nitrogens with one attached hydrogen (secondary N) is 1. The first kappa shape index (κ1) is 19.4. The Balaban J connectivity index is 1.79. The van der Waals surface area contributed by atoms with Crippen LogP contribution < -0.4 is 11.1 Å². The minimum atomic E-state index is -4.44. The van der Waals surface area contributed by atoms with Gasteiger partial charge in [-0.3, -0.25) is 9.59 Å². The minimum absolute atomic E-state index is 0.00994. The number of fused-ring (bicyclic) bond motifs is 1. The Bertz CT molecular complexity index is 1010. The van der Waals surface area contributed by atoms with Crippen LogP contribution in [0.5, 0.6) is 0 Å². The van der Waals surface area contributed by atoms with E-state index in [1.807, 2.05) is 18.2 Å². The number of halogens is 3. The van der Waals surface area contributed by atoms with Gasteiger partial charge < -0.3 is 11.1 Å². The molecule has 0 spiro atoms. The Morgan fingerprint density at radius 2 is 1.57 bits per heavy atom. The molecular formula is C21H17F3N2O2. The number of carbonyl (C=O) groups is 2. The second-order valence-electron chi connectivity index (χ2n) is 6.35. The molecule has 7 heteroatoms. The fourth-order valence-corrected chi connectivity index (χ4v) is 2.95. The van der Waals surface area contributed by atoms with Crippen LogP contribution in [-0.2, 0) is 17.4 Å². The van der Waals surface area contributed by atoms with Crippen LogP contribution in [0.2, 0.25) is 0 Å². The van der Waals surface area contributed by atoms with Gasteiger partial charge in [-0.25, -0.2) is 0 Å². The van der Waals surface area contributed by atoms with Gasteiger partial charge in [0.15, 0.2) is 0 Å². The van der Waals surface area contributed by atoms with E-state index in [0.29, 0.717) is 11.1 Å². The van der Waals surface area contributed by atoms with Crippen molar-refractivity contribution in [1.82, 2.24) is 5.32 Å². The summed E-state index contributed by atoms with van der Waals surface area (Å²) in [4.78, 5) is 24.5. The van der Waals surface area contributed by atoms with Crippen LogP contribution in [0.4, 0.5) is 13.2 Å². The molecule has 3 rings (SSSR count). The molecule has 0 radical (unpaired) electrons. The molecule has 3 N–H and O–H groups in total. The van der Waals surface area contributed by atoms with Crippen LogP contribution in [-0.4, -0.2) is 17.9 Å². The van der Waals surface area contributed by atoms with Crippen molar-refractivity contribution in [1.29, 1.82) is 0 Å². The maximum absolute atomic E-state index is 12.7. The van der Waals surface area contributed by atoms with Gasteiger partial charge in [0.25, 0.3) is 5.91 Å². The average molecular weight is 386 g/mol. The van der Waals surface area contributed by atoms with E-state index in [9.17, 15) is 22.8 Å². The zero-order valence-electron chi connectivity index (χ0n) is 14.7. The molecule has 4 nitrogen and oxygen atoms in total. The largest absolute Gasteiger partial charge is 0.416 e. The summed E-state index contributed by atoms with van der Waals surface area (Å²) in [5.74, 6) is -1.25. The second kappa shape index (κ2) is 7.72. The van der Waals surface area contributed by atoms with Crippen LogP contribution >= 0.6 is 0 Å². The molecule has 0 aromatic heterocycles. The zero-order chi connectivity index (χ0) is 20.3. The number of hydrogen-bond donors (Lipinski definition) is 2. The molecule has 0 heterocycles. The minimum Gasteiger partial charge on any atom is -0.368 e. The molecule has 0 aliphatic rings. The molecule has 0 aliphatic carbocycles. The first-order valence-corrected chi connectivity index (χ1v) is 8.50. The fraction of sp³-hybridized carbons (Fsp3) is 0.143. The van der Waals surface area contributed by atoms with Gasteiger partial charge in [0.2, 0.25) is 5.91 Å². The van der Waals surface area contributed by atoms with Crippen molar-refractivity contribution in [2.45, 2.75) is 18.6 Å². The van der Waals surface area contributed by atoms with Gasteiger partial charge in [0.1, 0.15) is 6.04 Å². The predicted molar refractivity (Wildman–Crippen MR) is 99.5 cm³/mol. The number of amides is 2. The number of carbonyl (C=O) groups excluding carboxylic acids is 2. The van der Waals surface area contributed by atoms with Crippen molar-refractivity contribution in [3.8, 4) is 0 Å². The maximum Gasteiger partial charge on any atom is 0.416 e. The fourth-order valence-electron chi connectivity index (χ4n) is 2.95. The Morgan fingerprint density at radius 3 is 2.21 bits per heavy atom. The summed E-state index contributed by atoms with van der Waals surface area (Å²) in [5.41, 5.74) is 5.44. The molecule has 0 unspecified atom stereocenters. The summed E-state index contributed by atoms with van der Waals surface area (Å²) >= 11 is 0.